The highest BCUT2D eigenvalue weighted by Crippen LogP contribution is 2.50. The fraction of sp³-hybridized carbons (Fsp3) is 0.571. The molecule has 0 N–H and O–H groups in total. The zero-order valence-electron chi connectivity index (χ0n) is 10.6. The smallest absolute Gasteiger partial charge is 0.0501 e. The molecule has 0 bridgehead atoms. The van der Waals surface area contributed by atoms with Gasteiger partial charge >= 0.3 is 0 Å². The molecule has 1 aromatic rings. The third kappa shape index (κ3) is 2.24. The molecule has 0 spiro atoms. The van der Waals surface area contributed by atoms with Crippen molar-refractivity contribution in [3.63, 3.8) is 0 Å². The maximum absolute atomic E-state index is 6.58. The van der Waals surface area contributed by atoms with Crippen LogP contribution in [0.5, 0.6) is 0 Å². The van der Waals surface area contributed by atoms with E-state index in [1.165, 1.54) is 5.56 Å². The first-order valence-electron chi connectivity index (χ1n) is 5.54. The van der Waals surface area contributed by atoms with Gasteiger partial charge in [-0.3, -0.25) is 0 Å². The van der Waals surface area contributed by atoms with E-state index in [2.05, 4.69) is 19.1 Å². The van der Waals surface area contributed by atoms with Crippen LogP contribution < -0.4 is 0 Å². The van der Waals surface area contributed by atoms with Crippen molar-refractivity contribution in [3.05, 3.63) is 35.9 Å². The SMILES string of the molecule is CC(C)(Cl)C(C)(c1ccccc1)C(C)(C)Cl. The third-order valence-electron chi connectivity index (χ3n) is 3.73. The summed E-state index contributed by atoms with van der Waals surface area (Å²) in [6, 6.07) is 10.2. The maximum atomic E-state index is 6.58. The Labute approximate surface area is 109 Å². The van der Waals surface area contributed by atoms with Gasteiger partial charge in [-0.25, -0.2) is 0 Å². The van der Waals surface area contributed by atoms with Crippen LogP contribution >= 0.6 is 23.2 Å². The van der Waals surface area contributed by atoms with E-state index >= 15 is 0 Å². The van der Waals surface area contributed by atoms with Crippen LogP contribution in [0.2, 0.25) is 0 Å². The Morgan fingerprint density at radius 3 is 1.44 bits per heavy atom. The Morgan fingerprint density at radius 2 is 1.12 bits per heavy atom. The average molecular weight is 259 g/mol. The van der Waals surface area contributed by atoms with Crippen LogP contribution in [0.3, 0.4) is 0 Å². The normalized spacial score (nSPS) is 13.9. The lowest BCUT2D eigenvalue weighted by atomic mass is 9.65. The Bertz CT molecular complexity index is 327. The molecule has 90 valence electrons. The lowest BCUT2D eigenvalue weighted by Crippen LogP contribution is -2.53. The summed E-state index contributed by atoms with van der Waals surface area (Å²) in [5, 5.41) is 0. The molecule has 0 aromatic heterocycles. The number of hydrogen-bond acceptors (Lipinski definition) is 0. The van der Waals surface area contributed by atoms with Crippen LogP contribution in [-0.4, -0.2) is 9.75 Å². The van der Waals surface area contributed by atoms with Gasteiger partial charge in [-0.2, -0.15) is 0 Å². The molecule has 0 aliphatic heterocycles. The minimum atomic E-state index is -0.417. The number of benzene rings is 1. The maximum Gasteiger partial charge on any atom is 0.0501 e. The second-order valence-electron chi connectivity index (χ2n) is 5.44. The molecule has 2 heteroatoms. The van der Waals surface area contributed by atoms with Gasteiger partial charge in [-0.05, 0) is 33.3 Å². The van der Waals surface area contributed by atoms with Gasteiger partial charge in [0.15, 0.2) is 0 Å². The molecule has 1 rings (SSSR count). The molecule has 0 saturated heterocycles. The van der Waals surface area contributed by atoms with Crippen LogP contribution in [0.1, 0.15) is 40.2 Å². The number of alkyl halides is 2. The van der Waals surface area contributed by atoms with Crippen molar-refractivity contribution in [1.82, 2.24) is 0 Å². The van der Waals surface area contributed by atoms with Crippen molar-refractivity contribution in [2.45, 2.75) is 49.8 Å². The molecule has 0 unspecified atom stereocenters. The van der Waals surface area contributed by atoms with E-state index < -0.39 is 9.75 Å². The summed E-state index contributed by atoms with van der Waals surface area (Å²) in [4.78, 5) is -0.834. The van der Waals surface area contributed by atoms with Gasteiger partial charge in [-0.15, -0.1) is 23.2 Å². The Morgan fingerprint density at radius 1 is 0.750 bits per heavy atom. The van der Waals surface area contributed by atoms with Gasteiger partial charge in [0.05, 0.1) is 9.75 Å². The highest BCUT2D eigenvalue weighted by molar-refractivity contribution is 6.28. The fourth-order valence-corrected chi connectivity index (χ4v) is 2.90. The van der Waals surface area contributed by atoms with Crippen molar-refractivity contribution >= 4 is 23.2 Å². The predicted octanol–water partition coefficient (Wildman–Crippen LogP) is 4.98. The van der Waals surface area contributed by atoms with E-state index in [-0.39, 0.29) is 5.41 Å². The van der Waals surface area contributed by atoms with Gasteiger partial charge in [0.1, 0.15) is 0 Å². The van der Waals surface area contributed by atoms with Crippen molar-refractivity contribution in [2.24, 2.45) is 0 Å². The zero-order chi connectivity index (χ0) is 12.6. The molecule has 0 fully saturated rings. The number of rotatable bonds is 3. The van der Waals surface area contributed by atoms with E-state index in [1.54, 1.807) is 0 Å². The first-order chi connectivity index (χ1) is 7.11. The molecule has 0 nitrogen and oxygen atoms in total. The van der Waals surface area contributed by atoms with Crippen LogP contribution in [0.4, 0.5) is 0 Å². The molecular formula is C14H20Cl2. The topological polar surface area (TPSA) is 0 Å². The Balaban J connectivity index is 3.39. The lowest BCUT2D eigenvalue weighted by Gasteiger charge is -2.48. The molecule has 0 radical (unpaired) electrons. The fourth-order valence-electron chi connectivity index (χ4n) is 2.16. The molecule has 0 atom stereocenters. The monoisotopic (exact) mass is 258 g/mol. The van der Waals surface area contributed by atoms with Crippen molar-refractivity contribution in [1.29, 1.82) is 0 Å². The molecule has 0 heterocycles. The van der Waals surface area contributed by atoms with E-state index in [1.807, 2.05) is 45.9 Å². The van der Waals surface area contributed by atoms with Crippen LogP contribution in [-0.2, 0) is 5.41 Å². The van der Waals surface area contributed by atoms with Gasteiger partial charge in [0, 0.05) is 5.41 Å². The van der Waals surface area contributed by atoms with E-state index in [0.29, 0.717) is 0 Å². The number of halogens is 2. The van der Waals surface area contributed by atoms with Gasteiger partial charge in [-0.1, -0.05) is 37.3 Å². The first-order valence-corrected chi connectivity index (χ1v) is 6.29. The van der Waals surface area contributed by atoms with Crippen LogP contribution in [0.15, 0.2) is 30.3 Å². The summed E-state index contributed by atoms with van der Waals surface area (Å²) in [7, 11) is 0. The molecular weight excluding hydrogens is 239 g/mol. The second-order valence-corrected chi connectivity index (χ2v) is 7.33. The van der Waals surface area contributed by atoms with Crippen molar-refractivity contribution in [3.8, 4) is 0 Å². The molecule has 0 aliphatic rings. The summed E-state index contributed by atoms with van der Waals surface area (Å²) < 4.78 is 0. The quantitative estimate of drug-likeness (QED) is 0.671. The summed E-state index contributed by atoms with van der Waals surface area (Å²) in [6.07, 6.45) is 0. The Hall–Kier alpha value is -0.200. The summed E-state index contributed by atoms with van der Waals surface area (Å²) in [5.74, 6) is 0. The summed E-state index contributed by atoms with van der Waals surface area (Å²) in [6.45, 7) is 10.2. The second kappa shape index (κ2) is 4.23. The Kier molecular flexibility index (Phi) is 3.67. The molecule has 0 aliphatic carbocycles. The molecule has 16 heavy (non-hydrogen) atoms. The van der Waals surface area contributed by atoms with Crippen molar-refractivity contribution in [2.75, 3.05) is 0 Å². The molecule has 0 saturated carbocycles. The van der Waals surface area contributed by atoms with E-state index in [9.17, 15) is 0 Å². The predicted molar refractivity (Wildman–Crippen MR) is 73.7 cm³/mol. The third-order valence-corrected chi connectivity index (χ3v) is 4.49. The van der Waals surface area contributed by atoms with Crippen LogP contribution in [0, 0.1) is 0 Å². The van der Waals surface area contributed by atoms with Gasteiger partial charge < -0.3 is 0 Å². The van der Waals surface area contributed by atoms with Crippen LogP contribution in [0.25, 0.3) is 0 Å². The summed E-state index contributed by atoms with van der Waals surface area (Å²) >= 11 is 13.2. The van der Waals surface area contributed by atoms with Gasteiger partial charge in [0.2, 0.25) is 0 Å². The first kappa shape index (κ1) is 13.9. The average Bonchev–Trinajstić information content (AvgIpc) is 2.14. The zero-order valence-corrected chi connectivity index (χ0v) is 12.2. The largest absolute Gasteiger partial charge is 0.119 e. The minimum Gasteiger partial charge on any atom is -0.119 e. The van der Waals surface area contributed by atoms with E-state index in [4.69, 9.17) is 23.2 Å². The van der Waals surface area contributed by atoms with Crippen molar-refractivity contribution < 1.29 is 0 Å². The molecule has 0 amide bonds. The summed E-state index contributed by atoms with van der Waals surface area (Å²) in [5.41, 5.74) is 0.875. The number of hydrogen-bond donors (Lipinski definition) is 0. The highest BCUT2D eigenvalue weighted by atomic mass is 35.5. The van der Waals surface area contributed by atoms with E-state index in [0.717, 1.165) is 0 Å². The molecule has 1 aromatic carbocycles. The standard InChI is InChI=1S/C14H20Cl2/c1-12(2,15)14(5,13(3,4)16)11-9-7-6-8-10-11/h6-10H,1-5H3. The lowest BCUT2D eigenvalue weighted by molar-refractivity contribution is 0.290. The van der Waals surface area contributed by atoms with Gasteiger partial charge in [0.25, 0.3) is 0 Å². The highest BCUT2D eigenvalue weighted by Gasteiger charge is 2.51. The minimum absolute atomic E-state index is 0.301.